The van der Waals surface area contributed by atoms with Crippen LogP contribution in [0.5, 0.6) is 5.75 Å². The summed E-state index contributed by atoms with van der Waals surface area (Å²) >= 11 is 6.25. The lowest BCUT2D eigenvalue weighted by Crippen LogP contribution is -2.55. The topological polar surface area (TPSA) is 65.4 Å². The smallest absolute Gasteiger partial charge is 0.216 e. The van der Waals surface area contributed by atoms with Crippen molar-refractivity contribution in [2.75, 3.05) is 13.7 Å². The number of ether oxygens (including phenoxy) is 1. The van der Waals surface area contributed by atoms with Crippen LogP contribution < -0.4 is 10.1 Å². The highest BCUT2D eigenvalue weighted by Crippen LogP contribution is 2.32. The maximum Gasteiger partial charge on any atom is 0.216 e. The lowest BCUT2D eigenvalue weighted by molar-refractivity contribution is -0.114. The molecule has 1 unspecified atom stereocenters. The Balaban J connectivity index is 2.11. The Morgan fingerprint density at radius 1 is 1.42 bits per heavy atom. The summed E-state index contributed by atoms with van der Waals surface area (Å²) in [6.45, 7) is 4.43. The molecule has 1 saturated carbocycles. The molecule has 1 aromatic carbocycles. The molecular formula is C20H30ClN3O2. The summed E-state index contributed by atoms with van der Waals surface area (Å²) in [4.78, 5) is 12.2. The van der Waals surface area contributed by atoms with Gasteiger partial charge in [0.05, 0.1) is 10.6 Å². The molecule has 2 N–H and O–H groups in total. The van der Waals surface area contributed by atoms with E-state index in [2.05, 4.69) is 12.2 Å². The Hall–Kier alpha value is -1.75. The lowest BCUT2D eigenvalue weighted by Gasteiger charge is -2.37. The summed E-state index contributed by atoms with van der Waals surface area (Å²) in [5, 5.41) is 11.9. The second kappa shape index (κ2) is 9.26. The minimum atomic E-state index is -0.455. The van der Waals surface area contributed by atoms with Gasteiger partial charge in [-0.3, -0.25) is 15.1 Å². The van der Waals surface area contributed by atoms with Gasteiger partial charge in [0.25, 0.3) is 0 Å². The van der Waals surface area contributed by atoms with Crippen LogP contribution in [-0.2, 0) is 4.79 Å². The van der Waals surface area contributed by atoms with Crippen molar-refractivity contribution in [3.63, 3.8) is 0 Å². The van der Waals surface area contributed by atoms with E-state index in [1.54, 1.807) is 7.05 Å². The summed E-state index contributed by atoms with van der Waals surface area (Å²) in [6, 6.07) is 5.70. The largest absolute Gasteiger partial charge is 0.490 e. The maximum atomic E-state index is 11.0. The van der Waals surface area contributed by atoms with Gasteiger partial charge in [0.2, 0.25) is 6.41 Å². The molecule has 0 radical (unpaired) electrons. The van der Waals surface area contributed by atoms with Crippen molar-refractivity contribution in [3.8, 4) is 5.75 Å². The number of nitrogens with one attached hydrogen (secondary N) is 2. The number of nitrogens with zero attached hydrogens (tertiary/aromatic N) is 1. The van der Waals surface area contributed by atoms with E-state index in [0.29, 0.717) is 29.7 Å². The Morgan fingerprint density at radius 3 is 2.77 bits per heavy atom. The highest BCUT2D eigenvalue weighted by atomic mass is 35.5. The third-order valence-electron chi connectivity index (χ3n) is 5.03. The number of hydrogen-bond acceptors (Lipinski definition) is 3. The minimum Gasteiger partial charge on any atom is -0.490 e. The molecular weight excluding hydrogens is 350 g/mol. The number of halogens is 1. The van der Waals surface area contributed by atoms with Crippen molar-refractivity contribution >= 4 is 24.0 Å². The molecule has 5 nitrogen and oxygen atoms in total. The zero-order valence-corrected chi connectivity index (χ0v) is 16.7. The van der Waals surface area contributed by atoms with Gasteiger partial charge in [-0.05, 0) is 43.9 Å². The van der Waals surface area contributed by atoms with Crippen LogP contribution in [-0.4, -0.2) is 36.5 Å². The fraction of sp³-hybridized carbons (Fsp3) is 0.600. The van der Waals surface area contributed by atoms with Gasteiger partial charge in [-0.1, -0.05) is 49.8 Å². The standard InChI is InChI=1S/C20H30ClN3O2/c1-15-9-10-17(21)18(11-15)26-13-20(2,23-19(22)24(3)14-25)12-16-7-5-4-6-8-16/h9-11,14,16H,4-8,12-13H2,1-3H3,(H2,22,23). The average Bonchev–Trinajstić information content (AvgIpc) is 2.62. The molecule has 0 spiro atoms. The second-order valence-corrected chi connectivity index (χ2v) is 8.09. The van der Waals surface area contributed by atoms with E-state index >= 15 is 0 Å². The third-order valence-corrected chi connectivity index (χ3v) is 5.34. The molecule has 0 bridgehead atoms. The monoisotopic (exact) mass is 379 g/mol. The molecule has 0 aromatic heterocycles. The number of carbonyl (C=O) groups is 1. The fourth-order valence-electron chi connectivity index (χ4n) is 3.56. The highest BCUT2D eigenvalue weighted by Gasteiger charge is 2.31. The van der Waals surface area contributed by atoms with Crippen LogP contribution in [0.25, 0.3) is 0 Å². The number of benzene rings is 1. The van der Waals surface area contributed by atoms with Crippen molar-refractivity contribution < 1.29 is 9.53 Å². The third kappa shape index (κ3) is 5.90. The normalized spacial score (nSPS) is 17.2. The maximum absolute atomic E-state index is 11.0. The molecule has 26 heavy (non-hydrogen) atoms. The van der Waals surface area contributed by atoms with Gasteiger partial charge >= 0.3 is 0 Å². The molecule has 1 atom stereocenters. The molecule has 144 valence electrons. The number of hydrogen-bond donors (Lipinski definition) is 2. The zero-order chi connectivity index (χ0) is 19.2. The van der Waals surface area contributed by atoms with Crippen molar-refractivity contribution in [2.24, 2.45) is 5.92 Å². The molecule has 6 heteroatoms. The Bertz CT molecular complexity index is 631. The van der Waals surface area contributed by atoms with E-state index in [9.17, 15) is 4.79 Å². The van der Waals surface area contributed by atoms with Crippen LogP contribution in [0.2, 0.25) is 5.02 Å². The number of aryl methyl sites for hydroxylation is 1. The Morgan fingerprint density at radius 2 is 2.12 bits per heavy atom. The van der Waals surface area contributed by atoms with Gasteiger partial charge in [-0.25, -0.2) is 0 Å². The molecule has 1 fully saturated rings. The molecule has 1 aromatic rings. The van der Waals surface area contributed by atoms with Gasteiger partial charge < -0.3 is 10.1 Å². The number of guanidine groups is 1. The fourth-order valence-corrected chi connectivity index (χ4v) is 3.73. The predicted molar refractivity (Wildman–Crippen MR) is 106 cm³/mol. The summed E-state index contributed by atoms with van der Waals surface area (Å²) in [6.07, 6.45) is 7.77. The average molecular weight is 380 g/mol. The highest BCUT2D eigenvalue weighted by molar-refractivity contribution is 6.32. The van der Waals surface area contributed by atoms with Gasteiger partial charge in [0.15, 0.2) is 5.96 Å². The van der Waals surface area contributed by atoms with Crippen molar-refractivity contribution in [2.45, 2.75) is 57.9 Å². The predicted octanol–water partition coefficient (Wildman–Crippen LogP) is 4.37. The van der Waals surface area contributed by atoms with Gasteiger partial charge in [-0.15, -0.1) is 0 Å². The molecule has 1 amide bonds. The first-order valence-electron chi connectivity index (χ1n) is 9.27. The van der Waals surface area contributed by atoms with E-state index in [-0.39, 0.29) is 5.96 Å². The number of carbonyl (C=O) groups excluding carboxylic acids is 1. The molecule has 2 rings (SSSR count). The van der Waals surface area contributed by atoms with Crippen molar-refractivity contribution in [1.82, 2.24) is 10.2 Å². The first-order valence-corrected chi connectivity index (χ1v) is 9.64. The number of amides is 1. The molecule has 1 aliphatic rings. The van der Waals surface area contributed by atoms with E-state index in [4.69, 9.17) is 21.7 Å². The summed E-state index contributed by atoms with van der Waals surface area (Å²) in [5.41, 5.74) is 0.628. The van der Waals surface area contributed by atoms with Gasteiger partial charge in [0.1, 0.15) is 12.4 Å². The van der Waals surface area contributed by atoms with Crippen molar-refractivity contribution in [1.29, 1.82) is 5.41 Å². The number of rotatable bonds is 7. The van der Waals surface area contributed by atoms with Crippen LogP contribution >= 0.6 is 11.6 Å². The Labute approximate surface area is 161 Å². The van der Waals surface area contributed by atoms with Crippen LogP contribution in [0.4, 0.5) is 0 Å². The second-order valence-electron chi connectivity index (χ2n) is 7.68. The summed E-state index contributed by atoms with van der Waals surface area (Å²) in [5.74, 6) is 1.34. The quantitative estimate of drug-likeness (QED) is 0.420. The van der Waals surface area contributed by atoms with Gasteiger partial charge in [0, 0.05) is 7.05 Å². The van der Waals surface area contributed by atoms with E-state index in [1.165, 1.54) is 37.0 Å². The van der Waals surface area contributed by atoms with E-state index < -0.39 is 5.54 Å². The first kappa shape index (κ1) is 20.6. The van der Waals surface area contributed by atoms with Crippen molar-refractivity contribution in [3.05, 3.63) is 28.8 Å². The molecule has 1 aliphatic carbocycles. The summed E-state index contributed by atoms with van der Waals surface area (Å²) < 4.78 is 6.04. The first-order chi connectivity index (χ1) is 12.3. The van der Waals surface area contributed by atoms with Crippen LogP contribution in [0.1, 0.15) is 51.0 Å². The minimum absolute atomic E-state index is 0.0808. The molecule has 0 saturated heterocycles. The van der Waals surface area contributed by atoms with E-state index in [1.807, 2.05) is 25.1 Å². The molecule has 0 aliphatic heterocycles. The van der Waals surface area contributed by atoms with Gasteiger partial charge in [-0.2, -0.15) is 0 Å². The van der Waals surface area contributed by atoms with Crippen LogP contribution in [0, 0.1) is 18.3 Å². The Kier molecular flexibility index (Phi) is 7.33. The zero-order valence-electron chi connectivity index (χ0n) is 16.0. The van der Waals surface area contributed by atoms with Crippen LogP contribution in [0.15, 0.2) is 18.2 Å². The van der Waals surface area contributed by atoms with E-state index in [0.717, 1.165) is 12.0 Å². The van der Waals surface area contributed by atoms with Crippen LogP contribution in [0.3, 0.4) is 0 Å². The lowest BCUT2D eigenvalue weighted by atomic mass is 9.80. The SMILES string of the molecule is Cc1ccc(Cl)c(OCC(C)(CC2CCCCC2)NC(=N)N(C)C=O)c1. The summed E-state index contributed by atoms with van der Waals surface area (Å²) in [7, 11) is 1.57. The molecule has 0 heterocycles.